The number of aromatic nitrogens is 8. The van der Waals surface area contributed by atoms with Gasteiger partial charge in [0.25, 0.3) is 0 Å². The maximum Gasteiger partial charge on any atom is 0.0639 e. The van der Waals surface area contributed by atoms with Gasteiger partial charge < -0.3 is 17.8 Å². The molecule has 4 unspecified atom stereocenters. The van der Waals surface area contributed by atoms with Crippen molar-refractivity contribution in [3.8, 4) is 50.8 Å². The van der Waals surface area contributed by atoms with Crippen LogP contribution in [0.3, 0.4) is 0 Å². The first-order chi connectivity index (χ1) is 64.8. The fraction of sp³-hybridized carbons (Fsp3) is 0.278. The summed E-state index contributed by atoms with van der Waals surface area (Å²) >= 11 is 0. The van der Waals surface area contributed by atoms with Gasteiger partial charge in [0.2, 0.25) is 0 Å². The van der Waals surface area contributed by atoms with Crippen LogP contribution in [0.15, 0.2) is 255 Å². The molecule has 0 bridgehead atoms. The van der Waals surface area contributed by atoms with E-state index in [1.807, 2.05) is 135 Å². The summed E-state index contributed by atoms with van der Waals surface area (Å²) in [5.41, 5.74) is 13.9. The number of rotatable bonds is 19. The average Bonchev–Trinajstić information content (AvgIpc) is 1.54. The molecule has 4 atom stereocenters. The minimum atomic E-state index is -2.70. The topological polar surface area (TPSA) is 69.7 Å². The molecule has 0 fully saturated rings. The number of fused-ring (bicyclic) bond motifs is 18. The molecule has 0 N–H and O–H groups in total. The van der Waals surface area contributed by atoms with Gasteiger partial charge in [-0.2, -0.15) is 0 Å². The van der Waals surface area contributed by atoms with E-state index in [4.69, 9.17) is 45.1 Å². The summed E-state index contributed by atoms with van der Waals surface area (Å²) in [5, 5.41) is 8.99. The molecule has 7 aromatic heterocycles. The van der Waals surface area contributed by atoms with Crippen LogP contribution in [-0.2, 0) is 119 Å². The maximum atomic E-state index is 9.03. The molecular weight excluding hydrogens is 2180 g/mol. The Labute approximate surface area is 795 Å². The normalized spacial score (nSPS) is 16.6. The van der Waals surface area contributed by atoms with Crippen LogP contribution in [0.25, 0.3) is 133 Å². The molecule has 622 valence electrons. The van der Waals surface area contributed by atoms with Crippen LogP contribution in [0.2, 0.25) is 0 Å². The second-order valence-electron chi connectivity index (χ2n) is 31.1. The summed E-state index contributed by atoms with van der Waals surface area (Å²) in [6.45, 7) is 11.2. The average molecular weight is 2310 g/mol. The predicted octanol–water partition coefficient (Wildman–Crippen LogP) is 28.1. The van der Waals surface area contributed by atoms with Crippen LogP contribution in [0.5, 0.6) is 0 Å². The predicted molar refractivity (Wildman–Crippen MR) is 491 cm³/mol. The third-order valence-electron chi connectivity index (χ3n) is 20.5. The van der Waals surface area contributed by atoms with E-state index >= 15 is 0 Å². The van der Waals surface area contributed by atoms with Crippen molar-refractivity contribution in [1.82, 2.24) is 37.7 Å². The maximum absolute atomic E-state index is 9.03. The molecule has 0 saturated carbocycles. The number of hydrogen-bond acceptors (Lipinski definition) is 4. The molecule has 18 aromatic rings. The van der Waals surface area contributed by atoms with Crippen LogP contribution in [0.1, 0.15) is 197 Å². The molecule has 8 nitrogen and oxygen atoms in total. The summed E-state index contributed by atoms with van der Waals surface area (Å²) in [5.74, 6) is -6.05. The van der Waals surface area contributed by atoms with Crippen LogP contribution < -0.4 is 0 Å². The Balaban J connectivity index is 0.000000180. The molecule has 0 aliphatic heterocycles. The Bertz CT molecular complexity index is 7500. The zero-order chi connectivity index (χ0) is 100. The van der Waals surface area contributed by atoms with Crippen LogP contribution in [0.4, 0.5) is 0 Å². The molecule has 0 aliphatic rings. The summed E-state index contributed by atoms with van der Waals surface area (Å²) < 4.78 is 192. The van der Waals surface area contributed by atoms with E-state index in [1.165, 1.54) is 50.7 Å². The van der Waals surface area contributed by atoms with Gasteiger partial charge in [0, 0.05) is 180 Å². The molecule has 0 spiro atoms. The second kappa shape index (κ2) is 40.7. The molecular formula is C108H110Ir4N8-4. The molecule has 0 saturated heterocycles. The van der Waals surface area contributed by atoms with E-state index in [2.05, 4.69) is 108 Å². The number of pyridine rings is 3. The molecule has 18 rings (SSSR count). The van der Waals surface area contributed by atoms with Crippen molar-refractivity contribution in [1.29, 1.82) is 0 Å². The van der Waals surface area contributed by atoms with Crippen molar-refractivity contribution < 1.29 is 111 Å². The van der Waals surface area contributed by atoms with Gasteiger partial charge >= 0.3 is 0 Å². The molecule has 120 heavy (non-hydrogen) atoms. The first-order valence-corrected chi connectivity index (χ1v) is 39.9. The summed E-state index contributed by atoms with van der Waals surface area (Å²) in [6, 6.07) is 83.3. The van der Waals surface area contributed by atoms with Crippen molar-refractivity contribution in [2.75, 3.05) is 0 Å². The van der Waals surface area contributed by atoms with E-state index in [9.17, 15) is 0 Å². The van der Waals surface area contributed by atoms with Gasteiger partial charge in [0.1, 0.15) is 0 Å². The van der Waals surface area contributed by atoms with Gasteiger partial charge in [-0.15, -0.1) is 125 Å². The van der Waals surface area contributed by atoms with E-state index in [1.54, 1.807) is 97.7 Å². The SMILES string of the molecule is [2H]C([2H])([2H])C(C)C([2H])([2H])c1cccc(C([2H])([2H])C(C)C)c1-c1cnc2c3[c-]cccc3c3ccccc3n12.[2H]C([2H])([2H])C(C)Cc1cccc(CC(C)C)c1-c1cnc2c3[c-]cccc3c3ccccc3n12.[2H]C([2H])([2H])C([2H])(C)c1cccc(C([2H])(C)C([2H])([2H])[2H])c1-n1ccnc1-c1[c-]cccc1.[2H]C([2H])(c1cccc(C([2H])([2H])C(C)C)c1-c1cnc2c3[c-]cccc3c3ccccc3n12)C(C)C.[Ir].[Ir].[Ir].[Ir]. The molecule has 7 heterocycles. The third-order valence-corrected chi connectivity index (χ3v) is 20.5. The van der Waals surface area contributed by atoms with Gasteiger partial charge in [-0.3, -0.25) is 19.9 Å². The van der Waals surface area contributed by atoms with Gasteiger partial charge in [-0.25, -0.2) is 0 Å². The fourth-order valence-electron chi connectivity index (χ4n) is 16.1. The van der Waals surface area contributed by atoms with Gasteiger partial charge in [-0.05, 0) is 164 Å². The Morgan fingerprint density at radius 2 is 0.675 bits per heavy atom. The van der Waals surface area contributed by atoms with Gasteiger partial charge in [-0.1, -0.05) is 254 Å². The van der Waals surface area contributed by atoms with Crippen molar-refractivity contribution in [3.63, 3.8) is 0 Å². The summed E-state index contributed by atoms with van der Waals surface area (Å²) in [6.07, 6.45) is 2.38. The number of hydrogen-bond donors (Lipinski definition) is 0. The van der Waals surface area contributed by atoms with Gasteiger partial charge in [0.05, 0.1) is 39.8 Å². The summed E-state index contributed by atoms with van der Waals surface area (Å²) in [4.78, 5) is 18.8. The Morgan fingerprint density at radius 1 is 0.333 bits per heavy atom. The monoisotopic (exact) mass is 2310 g/mol. The largest absolute Gasteiger partial charge is 0.340 e. The van der Waals surface area contributed by atoms with Crippen LogP contribution >= 0.6 is 0 Å². The standard InChI is InChI=1S/3C29H29N2.C21H23N2.4Ir/c3*1-19(2)16-21-10-9-11-22(17-20(3)4)28(21)27-18-30-29-25-14-6-5-12-23(25)24-13-7-8-15-26(24)31(27)29;1-15(2)18-11-8-12-19(16(3)4)20(18)23-14-13-22-21(23)17-9-6-5-7-10-17;;;;/h3*5-13,15,18-20H,16-17H2,1-4H3;5-9,11-16H,1-4H3;;;;/q4*-1;;;;/i1D3,16D2,17D2;16D2,17D2;1D3;1D3,3D3,15D,16D;;;;. The Kier molecular flexibility index (Phi) is 22.2. The van der Waals surface area contributed by atoms with E-state index in [0.29, 0.717) is 68.6 Å². The molecule has 12 heteroatoms. The van der Waals surface area contributed by atoms with E-state index in [0.717, 1.165) is 99.6 Å². The van der Waals surface area contributed by atoms with Crippen molar-refractivity contribution >= 4 is 82.0 Å². The number of benzene rings is 11. The zero-order valence-electron chi connectivity index (χ0n) is 91.0. The minimum Gasteiger partial charge on any atom is -0.340 e. The van der Waals surface area contributed by atoms with Crippen molar-refractivity contribution in [2.24, 2.45) is 35.5 Å². The van der Waals surface area contributed by atoms with E-state index in [-0.39, 0.29) is 115 Å². The number of para-hydroxylation sites is 4. The Morgan fingerprint density at radius 3 is 1.04 bits per heavy atom. The van der Waals surface area contributed by atoms with Crippen LogP contribution in [-0.4, -0.2) is 37.7 Å². The number of nitrogens with zero attached hydrogens (tertiary/aromatic N) is 8. The van der Waals surface area contributed by atoms with Crippen molar-refractivity contribution in [2.45, 2.75) is 161 Å². The minimum absolute atomic E-state index is 0. The summed E-state index contributed by atoms with van der Waals surface area (Å²) in [7, 11) is 0. The smallest absolute Gasteiger partial charge is 0.0639 e. The second-order valence-corrected chi connectivity index (χ2v) is 31.1. The molecule has 0 aliphatic carbocycles. The van der Waals surface area contributed by atoms with E-state index < -0.39 is 82.4 Å². The van der Waals surface area contributed by atoms with Gasteiger partial charge in [0.15, 0.2) is 0 Å². The Hall–Kier alpha value is -9.14. The van der Waals surface area contributed by atoms with Crippen LogP contribution in [0, 0.1) is 59.8 Å². The number of imidazole rings is 4. The first kappa shape index (κ1) is 65.6. The third kappa shape index (κ3) is 19.0. The van der Waals surface area contributed by atoms with Crippen molar-refractivity contribution in [3.05, 3.63) is 324 Å². The molecule has 11 aromatic carbocycles. The first-order valence-electron chi connectivity index (χ1n) is 50.9. The molecule has 0 amide bonds. The molecule has 4 radical (unpaired) electrons. The fourth-order valence-corrected chi connectivity index (χ4v) is 16.1. The quantitative estimate of drug-likeness (QED) is 0.0597. The zero-order valence-corrected chi connectivity index (χ0v) is 78.6.